The van der Waals surface area contributed by atoms with Gasteiger partial charge >= 0.3 is 0 Å². The van der Waals surface area contributed by atoms with E-state index >= 15 is 0 Å². The van der Waals surface area contributed by atoms with Crippen molar-refractivity contribution in [3.05, 3.63) is 83.9 Å². The molecule has 3 aromatic carbocycles. The summed E-state index contributed by atoms with van der Waals surface area (Å²) in [5.41, 5.74) is 2.47. The van der Waals surface area contributed by atoms with Gasteiger partial charge in [-0.1, -0.05) is 42.5 Å². The highest BCUT2D eigenvalue weighted by Crippen LogP contribution is 2.30. The van der Waals surface area contributed by atoms with Crippen LogP contribution in [0.1, 0.15) is 17.2 Å². The summed E-state index contributed by atoms with van der Waals surface area (Å²) in [5, 5.41) is 6.16. The molecule has 148 valence electrons. The second-order valence-electron chi connectivity index (χ2n) is 7.44. The maximum absolute atomic E-state index is 13.6. The maximum Gasteiger partial charge on any atom is 0.224 e. The van der Waals surface area contributed by atoms with Gasteiger partial charge in [-0.25, -0.2) is 4.39 Å². The number of furan rings is 1. The predicted octanol–water partition coefficient (Wildman–Crippen LogP) is 4.69. The van der Waals surface area contributed by atoms with Gasteiger partial charge in [0.05, 0.1) is 18.7 Å². The number of nitrogens with zero attached hydrogens (tertiary/aromatic N) is 1. The lowest BCUT2D eigenvalue weighted by atomic mass is 10.0. The molecular weight excluding hydrogens is 367 g/mol. The van der Waals surface area contributed by atoms with Crippen molar-refractivity contribution in [1.82, 2.24) is 10.2 Å². The number of hydrogen-bond acceptors (Lipinski definition) is 3. The van der Waals surface area contributed by atoms with Crippen LogP contribution in [-0.2, 0) is 11.2 Å². The van der Waals surface area contributed by atoms with E-state index in [-0.39, 0.29) is 24.2 Å². The van der Waals surface area contributed by atoms with Gasteiger partial charge in [-0.15, -0.1) is 0 Å². The van der Waals surface area contributed by atoms with Crippen LogP contribution < -0.4 is 5.32 Å². The first kappa shape index (κ1) is 19.2. The Kier molecular flexibility index (Phi) is 5.32. The molecule has 0 spiro atoms. The summed E-state index contributed by atoms with van der Waals surface area (Å²) < 4.78 is 19.3. The average molecular weight is 390 g/mol. The van der Waals surface area contributed by atoms with Crippen molar-refractivity contribution in [1.29, 1.82) is 0 Å². The molecule has 4 rings (SSSR count). The van der Waals surface area contributed by atoms with E-state index in [9.17, 15) is 9.18 Å². The Hall–Kier alpha value is -3.18. The van der Waals surface area contributed by atoms with Crippen LogP contribution in [0.15, 0.2) is 71.3 Å². The van der Waals surface area contributed by atoms with Crippen LogP contribution in [0.4, 0.5) is 4.39 Å². The fourth-order valence-electron chi connectivity index (χ4n) is 3.76. The van der Waals surface area contributed by atoms with Gasteiger partial charge in [0.2, 0.25) is 5.91 Å². The highest BCUT2D eigenvalue weighted by Gasteiger charge is 2.17. The molecule has 0 fully saturated rings. The Bertz CT molecular complexity index is 1170. The number of likely N-dealkylation sites (N-methyl/N-ethyl adjacent to an activating group) is 1. The topological polar surface area (TPSA) is 45.5 Å². The Balaban J connectivity index is 1.52. The zero-order valence-corrected chi connectivity index (χ0v) is 16.5. The van der Waals surface area contributed by atoms with Crippen molar-refractivity contribution < 1.29 is 13.6 Å². The smallest absolute Gasteiger partial charge is 0.224 e. The van der Waals surface area contributed by atoms with Crippen LogP contribution in [-0.4, -0.2) is 31.4 Å². The molecule has 5 heteroatoms. The molecule has 0 aliphatic heterocycles. The van der Waals surface area contributed by atoms with Crippen LogP contribution in [0, 0.1) is 5.82 Å². The fraction of sp³-hybridized carbons (Fsp3) is 0.208. The minimum atomic E-state index is -0.280. The molecule has 1 aromatic heterocycles. The number of fused-ring (bicyclic) bond motifs is 3. The van der Waals surface area contributed by atoms with E-state index in [0.717, 1.165) is 32.9 Å². The lowest BCUT2D eigenvalue weighted by Crippen LogP contribution is -2.35. The molecule has 1 unspecified atom stereocenters. The Morgan fingerprint density at radius 1 is 1.10 bits per heavy atom. The van der Waals surface area contributed by atoms with E-state index in [1.165, 1.54) is 12.1 Å². The van der Waals surface area contributed by atoms with Crippen LogP contribution in [0.2, 0.25) is 0 Å². The summed E-state index contributed by atoms with van der Waals surface area (Å²) in [7, 11) is 3.83. The summed E-state index contributed by atoms with van der Waals surface area (Å²) in [5.74, 6) is -0.374. The lowest BCUT2D eigenvalue weighted by molar-refractivity contribution is -0.120. The molecule has 0 aliphatic carbocycles. The number of amides is 1. The van der Waals surface area contributed by atoms with Crippen molar-refractivity contribution >= 4 is 27.6 Å². The van der Waals surface area contributed by atoms with E-state index in [1.54, 1.807) is 12.3 Å². The normalized spacial score (nSPS) is 12.6. The third kappa shape index (κ3) is 4.00. The van der Waals surface area contributed by atoms with Crippen molar-refractivity contribution in [2.45, 2.75) is 12.5 Å². The minimum absolute atomic E-state index is 0.0936. The second kappa shape index (κ2) is 8.05. The van der Waals surface area contributed by atoms with E-state index in [1.807, 2.05) is 61.5 Å². The Morgan fingerprint density at radius 2 is 1.93 bits per heavy atom. The first-order valence-electron chi connectivity index (χ1n) is 9.59. The first-order valence-corrected chi connectivity index (χ1v) is 9.59. The van der Waals surface area contributed by atoms with Gasteiger partial charge in [0.15, 0.2) is 0 Å². The quantitative estimate of drug-likeness (QED) is 0.520. The SMILES string of the molecule is CN(C)C(CNC(=O)Cc1coc2ccc3ccccc3c12)c1cccc(F)c1. The van der Waals surface area contributed by atoms with Crippen LogP contribution in [0.5, 0.6) is 0 Å². The van der Waals surface area contributed by atoms with Crippen molar-refractivity contribution in [2.75, 3.05) is 20.6 Å². The lowest BCUT2D eigenvalue weighted by Gasteiger charge is -2.25. The molecule has 0 radical (unpaired) electrons. The fourth-order valence-corrected chi connectivity index (χ4v) is 3.76. The number of carbonyl (C=O) groups excluding carboxylic acids is 1. The number of nitrogens with one attached hydrogen (secondary N) is 1. The molecule has 1 amide bonds. The molecular formula is C24H23FN2O2. The highest BCUT2D eigenvalue weighted by atomic mass is 19.1. The zero-order chi connectivity index (χ0) is 20.4. The van der Waals surface area contributed by atoms with E-state index in [0.29, 0.717) is 6.54 Å². The molecule has 0 aliphatic rings. The molecule has 0 bridgehead atoms. The van der Waals surface area contributed by atoms with Gasteiger partial charge in [0, 0.05) is 17.5 Å². The van der Waals surface area contributed by atoms with Gasteiger partial charge in [0.1, 0.15) is 11.4 Å². The van der Waals surface area contributed by atoms with Crippen molar-refractivity contribution in [3.63, 3.8) is 0 Å². The molecule has 1 heterocycles. The third-order valence-electron chi connectivity index (χ3n) is 5.24. The maximum atomic E-state index is 13.6. The van der Waals surface area contributed by atoms with Crippen molar-refractivity contribution in [2.24, 2.45) is 0 Å². The third-order valence-corrected chi connectivity index (χ3v) is 5.24. The molecule has 4 aromatic rings. The van der Waals surface area contributed by atoms with E-state index in [4.69, 9.17) is 4.42 Å². The zero-order valence-electron chi connectivity index (χ0n) is 16.5. The predicted molar refractivity (Wildman–Crippen MR) is 113 cm³/mol. The number of carbonyl (C=O) groups is 1. The van der Waals surface area contributed by atoms with Crippen LogP contribution >= 0.6 is 0 Å². The van der Waals surface area contributed by atoms with Crippen molar-refractivity contribution in [3.8, 4) is 0 Å². The summed E-state index contributed by atoms with van der Waals surface area (Å²) in [4.78, 5) is 14.6. The summed E-state index contributed by atoms with van der Waals surface area (Å²) >= 11 is 0. The number of halogens is 1. The van der Waals surface area contributed by atoms with Crippen LogP contribution in [0.3, 0.4) is 0 Å². The van der Waals surface area contributed by atoms with E-state index in [2.05, 4.69) is 5.32 Å². The summed E-state index contributed by atoms with van der Waals surface area (Å²) in [6.07, 6.45) is 1.89. The molecule has 0 saturated carbocycles. The standard InChI is InChI=1S/C24H23FN2O2/c1-27(2)21(17-7-5-8-19(25)12-17)14-26-23(28)13-18-15-29-22-11-10-16-6-3-4-9-20(16)24(18)22/h3-12,15,21H,13-14H2,1-2H3,(H,26,28). The second-order valence-corrected chi connectivity index (χ2v) is 7.44. The number of hydrogen-bond donors (Lipinski definition) is 1. The van der Waals surface area contributed by atoms with Gasteiger partial charge in [-0.3, -0.25) is 4.79 Å². The highest BCUT2D eigenvalue weighted by molar-refractivity contribution is 6.08. The number of rotatable bonds is 6. The van der Waals surface area contributed by atoms with Gasteiger partial charge < -0.3 is 14.6 Å². The number of benzene rings is 3. The minimum Gasteiger partial charge on any atom is -0.464 e. The van der Waals surface area contributed by atoms with Gasteiger partial charge in [-0.2, -0.15) is 0 Å². The molecule has 29 heavy (non-hydrogen) atoms. The molecule has 1 atom stereocenters. The first-order chi connectivity index (χ1) is 14.0. The molecule has 4 nitrogen and oxygen atoms in total. The Morgan fingerprint density at radius 3 is 2.72 bits per heavy atom. The van der Waals surface area contributed by atoms with Gasteiger partial charge in [0.25, 0.3) is 0 Å². The van der Waals surface area contributed by atoms with E-state index < -0.39 is 0 Å². The van der Waals surface area contributed by atoms with Crippen LogP contribution in [0.25, 0.3) is 21.7 Å². The molecule has 1 N–H and O–H groups in total. The Labute approximate surface area is 168 Å². The average Bonchev–Trinajstić information content (AvgIpc) is 3.11. The summed E-state index contributed by atoms with van der Waals surface area (Å²) in [6.45, 7) is 0.395. The van der Waals surface area contributed by atoms with Gasteiger partial charge in [-0.05, 0) is 48.6 Å². The molecule has 0 saturated heterocycles. The largest absolute Gasteiger partial charge is 0.464 e. The summed E-state index contributed by atoms with van der Waals surface area (Å²) in [6, 6.07) is 18.4. The monoisotopic (exact) mass is 390 g/mol.